The Kier molecular flexibility index (Phi) is 4.70. The predicted octanol–water partition coefficient (Wildman–Crippen LogP) is 1.66. The number of carbonyl (C=O) groups excluding carboxylic acids is 1. The van der Waals surface area contributed by atoms with Crippen LogP contribution in [0.2, 0.25) is 10.0 Å². The van der Waals surface area contributed by atoms with Crippen molar-refractivity contribution in [3.63, 3.8) is 0 Å². The van der Waals surface area contributed by atoms with Crippen molar-refractivity contribution in [1.29, 1.82) is 0 Å². The molecule has 0 atom stereocenters. The molecule has 0 amide bonds. The molecule has 0 radical (unpaired) electrons. The van der Waals surface area contributed by atoms with E-state index in [1.807, 2.05) is 0 Å². The maximum absolute atomic E-state index is 11.0. The van der Waals surface area contributed by atoms with Crippen LogP contribution in [0.4, 0.5) is 0 Å². The maximum Gasteiger partial charge on any atom is 0.337 e. The average Bonchev–Trinajstić information content (AvgIpc) is 2.12. The van der Waals surface area contributed by atoms with Gasteiger partial charge < -0.3 is 15.3 Å². The molecule has 6 heteroatoms. The fourth-order valence-corrected chi connectivity index (χ4v) is 1.29. The summed E-state index contributed by atoms with van der Waals surface area (Å²) >= 11 is 11.2. The Bertz CT molecular complexity index is 328. The van der Waals surface area contributed by atoms with Gasteiger partial charge in [0.15, 0.2) is 5.75 Å². The van der Waals surface area contributed by atoms with Gasteiger partial charge in [0, 0.05) is 0 Å². The van der Waals surface area contributed by atoms with Crippen LogP contribution in [0.3, 0.4) is 0 Å². The van der Waals surface area contributed by atoms with Gasteiger partial charge >= 0.3 is 5.97 Å². The van der Waals surface area contributed by atoms with Crippen molar-refractivity contribution in [2.45, 2.75) is 0 Å². The van der Waals surface area contributed by atoms with Crippen molar-refractivity contribution in [3.05, 3.63) is 27.7 Å². The van der Waals surface area contributed by atoms with E-state index < -0.39 is 5.97 Å². The summed E-state index contributed by atoms with van der Waals surface area (Å²) in [5, 5.41) is 9.21. The Hall–Kier alpha value is -0.970. The molecular formula is C8H8Cl2O4. The molecule has 78 valence electrons. The molecule has 0 heterocycles. The van der Waals surface area contributed by atoms with Gasteiger partial charge in [-0.3, -0.25) is 0 Å². The number of rotatable bonds is 1. The summed E-state index contributed by atoms with van der Waals surface area (Å²) in [5.74, 6) is -0.792. The molecule has 1 aromatic rings. The quantitative estimate of drug-likeness (QED) is 0.757. The fraction of sp³-hybridized carbons (Fsp3) is 0.125. The third kappa shape index (κ3) is 2.51. The van der Waals surface area contributed by atoms with Gasteiger partial charge in [-0.25, -0.2) is 4.79 Å². The minimum absolute atomic E-state index is 0. The van der Waals surface area contributed by atoms with E-state index in [0.717, 1.165) is 0 Å². The van der Waals surface area contributed by atoms with Crippen LogP contribution in [0.5, 0.6) is 5.75 Å². The molecule has 0 aromatic heterocycles. The highest BCUT2D eigenvalue weighted by Crippen LogP contribution is 2.32. The smallest absolute Gasteiger partial charge is 0.337 e. The van der Waals surface area contributed by atoms with Crippen LogP contribution in [-0.2, 0) is 4.74 Å². The number of halogens is 2. The van der Waals surface area contributed by atoms with Crippen molar-refractivity contribution in [2.75, 3.05) is 7.11 Å². The predicted molar refractivity (Wildman–Crippen MR) is 53.1 cm³/mol. The Morgan fingerprint density at radius 1 is 1.36 bits per heavy atom. The number of esters is 1. The zero-order chi connectivity index (χ0) is 10.0. The lowest BCUT2D eigenvalue weighted by atomic mass is 10.2. The number of benzene rings is 1. The second-order valence-corrected chi connectivity index (χ2v) is 3.09. The van der Waals surface area contributed by atoms with Crippen LogP contribution in [0, 0.1) is 0 Å². The first-order valence-electron chi connectivity index (χ1n) is 3.32. The van der Waals surface area contributed by atoms with E-state index in [0.29, 0.717) is 0 Å². The van der Waals surface area contributed by atoms with Crippen LogP contribution >= 0.6 is 23.2 Å². The van der Waals surface area contributed by atoms with E-state index in [-0.39, 0.29) is 26.8 Å². The van der Waals surface area contributed by atoms with Gasteiger partial charge in [0.2, 0.25) is 0 Å². The number of hydrogen-bond acceptors (Lipinski definition) is 3. The van der Waals surface area contributed by atoms with Gasteiger partial charge in [-0.1, -0.05) is 23.2 Å². The zero-order valence-corrected chi connectivity index (χ0v) is 8.69. The number of methoxy groups -OCH3 is 1. The van der Waals surface area contributed by atoms with E-state index >= 15 is 0 Å². The Labute approximate surface area is 90.3 Å². The van der Waals surface area contributed by atoms with Crippen molar-refractivity contribution >= 4 is 29.2 Å². The van der Waals surface area contributed by atoms with E-state index in [2.05, 4.69) is 4.74 Å². The molecule has 1 aromatic carbocycles. The summed E-state index contributed by atoms with van der Waals surface area (Å²) in [5.41, 5.74) is 0.204. The summed E-state index contributed by atoms with van der Waals surface area (Å²) in [6, 6.07) is 2.57. The average molecular weight is 239 g/mol. The minimum atomic E-state index is -0.552. The van der Waals surface area contributed by atoms with E-state index in [1.54, 1.807) is 0 Å². The molecule has 0 spiro atoms. The lowest BCUT2D eigenvalue weighted by molar-refractivity contribution is 0.0600. The normalized spacial score (nSPS) is 9.07. The van der Waals surface area contributed by atoms with E-state index in [4.69, 9.17) is 28.3 Å². The molecule has 1 rings (SSSR count). The largest absolute Gasteiger partial charge is 0.505 e. The molecular weight excluding hydrogens is 231 g/mol. The monoisotopic (exact) mass is 238 g/mol. The van der Waals surface area contributed by atoms with Crippen molar-refractivity contribution in [3.8, 4) is 5.75 Å². The molecule has 0 aliphatic heterocycles. The van der Waals surface area contributed by atoms with Gasteiger partial charge in [0.25, 0.3) is 0 Å². The van der Waals surface area contributed by atoms with Crippen molar-refractivity contribution in [1.82, 2.24) is 0 Å². The third-order valence-corrected chi connectivity index (χ3v) is 2.01. The molecule has 14 heavy (non-hydrogen) atoms. The van der Waals surface area contributed by atoms with Gasteiger partial charge in [0.1, 0.15) is 0 Å². The molecule has 4 nitrogen and oxygen atoms in total. The standard InChI is InChI=1S/C8H6Cl2O3.H2O/c1-13-8(12)4-2-5(9)7(11)6(10)3-4;/h2-3,11H,1H3;1H2. The lowest BCUT2D eigenvalue weighted by Gasteiger charge is -2.03. The Balaban J connectivity index is 0.00000169. The summed E-state index contributed by atoms with van der Waals surface area (Å²) < 4.78 is 4.45. The van der Waals surface area contributed by atoms with Crippen LogP contribution in [0.1, 0.15) is 10.4 Å². The highest BCUT2D eigenvalue weighted by Gasteiger charge is 2.11. The molecule has 0 aliphatic rings. The zero-order valence-electron chi connectivity index (χ0n) is 7.17. The number of phenolic OH excluding ortho intramolecular Hbond substituents is 1. The van der Waals surface area contributed by atoms with Gasteiger partial charge in [-0.15, -0.1) is 0 Å². The molecule has 0 saturated heterocycles. The summed E-state index contributed by atoms with van der Waals surface area (Å²) in [4.78, 5) is 11.0. The molecule has 0 unspecified atom stereocenters. The first kappa shape index (κ1) is 13.0. The van der Waals surface area contributed by atoms with Crippen LogP contribution in [0.15, 0.2) is 12.1 Å². The molecule has 0 aliphatic carbocycles. The second kappa shape index (κ2) is 5.05. The number of phenols is 1. The highest BCUT2D eigenvalue weighted by molar-refractivity contribution is 6.37. The van der Waals surface area contributed by atoms with Gasteiger partial charge in [-0.05, 0) is 12.1 Å². The number of ether oxygens (including phenoxy) is 1. The number of aromatic hydroxyl groups is 1. The lowest BCUT2D eigenvalue weighted by Crippen LogP contribution is -2.00. The van der Waals surface area contributed by atoms with E-state index in [1.165, 1.54) is 19.2 Å². The van der Waals surface area contributed by atoms with Gasteiger partial charge in [0.05, 0.1) is 22.7 Å². The third-order valence-electron chi connectivity index (χ3n) is 1.44. The molecule has 3 N–H and O–H groups in total. The summed E-state index contributed by atoms with van der Waals surface area (Å²) in [6.45, 7) is 0. The number of hydrogen-bond donors (Lipinski definition) is 1. The highest BCUT2D eigenvalue weighted by atomic mass is 35.5. The first-order chi connectivity index (χ1) is 6.06. The van der Waals surface area contributed by atoms with Crippen LogP contribution < -0.4 is 0 Å². The topological polar surface area (TPSA) is 78.0 Å². The first-order valence-corrected chi connectivity index (χ1v) is 4.08. The van der Waals surface area contributed by atoms with Crippen LogP contribution in [-0.4, -0.2) is 23.7 Å². The van der Waals surface area contributed by atoms with Crippen molar-refractivity contribution < 1.29 is 20.1 Å². The molecule has 0 bridgehead atoms. The van der Waals surface area contributed by atoms with E-state index in [9.17, 15) is 4.79 Å². The Morgan fingerprint density at radius 2 is 1.79 bits per heavy atom. The second-order valence-electron chi connectivity index (χ2n) is 2.28. The molecule has 0 saturated carbocycles. The fourth-order valence-electron chi connectivity index (χ4n) is 0.801. The Morgan fingerprint density at radius 3 is 2.14 bits per heavy atom. The minimum Gasteiger partial charge on any atom is -0.505 e. The number of carbonyl (C=O) groups is 1. The van der Waals surface area contributed by atoms with Gasteiger partial charge in [-0.2, -0.15) is 0 Å². The SMILES string of the molecule is COC(=O)c1cc(Cl)c(O)c(Cl)c1.O. The van der Waals surface area contributed by atoms with Crippen molar-refractivity contribution in [2.24, 2.45) is 0 Å². The summed E-state index contributed by atoms with van der Waals surface area (Å²) in [6.07, 6.45) is 0. The van der Waals surface area contributed by atoms with Crippen LogP contribution in [0.25, 0.3) is 0 Å². The summed E-state index contributed by atoms with van der Waals surface area (Å²) in [7, 11) is 1.25. The maximum atomic E-state index is 11.0. The molecule has 0 fully saturated rings.